The van der Waals surface area contributed by atoms with Gasteiger partial charge in [-0.1, -0.05) is 0 Å². The van der Waals surface area contributed by atoms with E-state index in [1.165, 1.54) is 0 Å². The zero-order chi connectivity index (χ0) is 20.6. The van der Waals surface area contributed by atoms with Gasteiger partial charge in [0.05, 0.1) is 0 Å². The Hall–Kier alpha value is -3.19. The van der Waals surface area contributed by atoms with Crippen LogP contribution in [0, 0.1) is 31.1 Å². The molecule has 0 spiro atoms. The van der Waals surface area contributed by atoms with Crippen molar-refractivity contribution in [2.75, 3.05) is 0 Å². The van der Waals surface area contributed by atoms with Crippen molar-refractivity contribution in [1.82, 2.24) is 0 Å². The van der Waals surface area contributed by atoms with E-state index < -0.39 is 47.8 Å². The number of hydrogen-bond donors (Lipinski definition) is 8. The summed E-state index contributed by atoms with van der Waals surface area (Å²) in [7, 11) is 0. The second kappa shape index (κ2) is 18.9. The van der Waals surface area contributed by atoms with E-state index in [0.717, 1.165) is 0 Å². The van der Waals surface area contributed by atoms with Crippen LogP contribution in [0.25, 0.3) is 0 Å². The van der Waals surface area contributed by atoms with Gasteiger partial charge in [0.1, 0.15) is 0 Å². The van der Waals surface area contributed by atoms with Crippen molar-refractivity contribution in [2.24, 2.45) is 0 Å². The van der Waals surface area contributed by atoms with Crippen molar-refractivity contribution in [3.05, 3.63) is 0 Å². The van der Waals surface area contributed by atoms with Crippen LogP contribution in [0.2, 0.25) is 0 Å². The molecule has 0 heterocycles. The van der Waals surface area contributed by atoms with Crippen molar-refractivity contribution in [3.8, 4) is 0 Å². The van der Waals surface area contributed by atoms with E-state index in [-0.39, 0.29) is 31.1 Å². The van der Waals surface area contributed by atoms with Crippen LogP contribution in [0.1, 0.15) is 0 Å². The normalized spacial score (nSPS) is 7.04. The maximum absolute atomic E-state index is 9.10. The van der Waals surface area contributed by atoms with E-state index in [4.69, 9.17) is 79.2 Å². The summed E-state index contributed by atoms with van der Waals surface area (Å²) in [6.07, 6.45) is 0. The number of rotatable bonds is 0. The first-order valence-corrected chi connectivity index (χ1v) is 4.42. The van der Waals surface area contributed by atoms with Crippen LogP contribution < -0.4 is 0 Å². The van der Waals surface area contributed by atoms with Gasteiger partial charge in [0.15, 0.2) is 0 Å². The molecule has 0 aliphatic carbocycles. The molecule has 17 heteroatoms. The average molecular weight is 598 g/mol. The van der Waals surface area contributed by atoms with Gasteiger partial charge in [0, 0.05) is 31.1 Å². The fraction of sp³-hybridized carbons (Fsp3) is 0. The minimum atomic E-state index is -1.82. The Morgan fingerprint density at radius 2 is 0.320 bits per heavy atom. The standard InChI is InChI=1S/4C2H2O4.U/c4*3-1(4)2(5)6;/h4*(H,3,4)(H,5,6);. The summed E-state index contributed by atoms with van der Waals surface area (Å²) >= 11 is 0. The van der Waals surface area contributed by atoms with Gasteiger partial charge in [-0.2, -0.15) is 0 Å². The van der Waals surface area contributed by atoms with Crippen molar-refractivity contribution in [2.45, 2.75) is 0 Å². The van der Waals surface area contributed by atoms with E-state index in [1.54, 1.807) is 0 Å². The van der Waals surface area contributed by atoms with Gasteiger partial charge in [-0.15, -0.1) is 0 Å². The van der Waals surface area contributed by atoms with Crippen LogP contribution in [0.3, 0.4) is 0 Å². The molecule has 0 aromatic heterocycles. The number of carbonyl (C=O) groups is 8. The molecule has 0 aromatic rings. The molecule has 0 aliphatic rings. The molecule has 0 aromatic carbocycles. The van der Waals surface area contributed by atoms with Crippen LogP contribution in [0.15, 0.2) is 0 Å². The molecule has 0 rings (SSSR count). The third-order valence-electron chi connectivity index (χ3n) is 0.732. The zero-order valence-electron chi connectivity index (χ0n) is 11.3. The summed E-state index contributed by atoms with van der Waals surface area (Å²) in [6, 6.07) is 0. The van der Waals surface area contributed by atoms with Gasteiger partial charge in [0.25, 0.3) is 0 Å². The SMILES string of the molecule is O=C(O)C(=O)O.O=C(O)C(=O)O.O=C(O)C(=O)O.O=C(O)C(=O)O.[U]. The van der Waals surface area contributed by atoms with E-state index in [0.29, 0.717) is 0 Å². The van der Waals surface area contributed by atoms with Crippen LogP contribution in [-0.2, 0) is 38.4 Å². The third-order valence-corrected chi connectivity index (χ3v) is 0.732. The number of hydrogen-bond acceptors (Lipinski definition) is 8. The molecule has 0 aliphatic heterocycles. The molecule has 0 saturated heterocycles. The van der Waals surface area contributed by atoms with Crippen molar-refractivity contribution >= 4 is 47.8 Å². The Kier molecular flexibility index (Phi) is 25.2. The largest absolute Gasteiger partial charge is 0.473 e. The molecule has 25 heavy (non-hydrogen) atoms. The Balaban J connectivity index is -0.0000000702. The predicted octanol–water partition coefficient (Wildman–Crippen LogP) is -3.38. The molecular weight excluding hydrogens is 590 g/mol. The Labute approximate surface area is 158 Å². The molecule has 8 N–H and O–H groups in total. The van der Waals surface area contributed by atoms with Crippen LogP contribution in [0.4, 0.5) is 0 Å². The number of aliphatic carboxylic acids is 8. The van der Waals surface area contributed by atoms with E-state index in [1.807, 2.05) is 0 Å². The van der Waals surface area contributed by atoms with Gasteiger partial charge >= 0.3 is 47.8 Å². The van der Waals surface area contributed by atoms with E-state index >= 15 is 0 Å². The number of carboxylic acid groups (broad SMARTS) is 8. The van der Waals surface area contributed by atoms with Crippen molar-refractivity contribution in [3.63, 3.8) is 0 Å². The molecule has 0 unspecified atom stereocenters. The Bertz CT molecular complexity index is 388. The van der Waals surface area contributed by atoms with Gasteiger partial charge in [0.2, 0.25) is 0 Å². The summed E-state index contributed by atoms with van der Waals surface area (Å²) in [5.74, 6) is -14.6. The molecule has 0 fully saturated rings. The number of carboxylic acids is 8. The third kappa shape index (κ3) is 44.9. The summed E-state index contributed by atoms with van der Waals surface area (Å²) in [5, 5.41) is 59.1. The van der Waals surface area contributed by atoms with Crippen molar-refractivity contribution < 1.29 is 110 Å². The first kappa shape index (κ1) is 33.4. The molecule has 140 valence electrons. The van der Waals surface area contributed by atoms with E-state index in [2.05, 4.69) is 0 Å². The minimum absolute atomic E-state index is 0. The second-order valence-electron chi connectivity index (χ2n) is 2.44. The molecule has 0 atom stereocenters. The minimum Gasteiger partial charge on any atom is -0.473 e. The maximum Gasteiger partial charge on any atom is 0.414 e. The maximum atomic E-state index is 9.10. The quantitative estimate of drug-likeness (QED) is 0.126. The molecular formula is C8H8O16U. The van der Waals surface area contributed by atoms with Gasteiger partial charge < -0.3 is 40.9 Å². The summed E-state index contributed by atoms with van der Waals surface area (Å²) in [5.41, 5.74) is 0. The molecule has 16 nitrogen and oxygen atoms in total. The summed E-state index contributed by atoms with van der Waals surface area (Å²) in [6.45, 7) is 0. The van der Waals surface area contributed by atoms with Gasteiger partial charge in [-0.05, 0) is 0 Å². The topological polar surface area (TPSA) is 298 Å². The zero-order valence-corrected chi connectivity index (χ0v) is 15.5. The summed E-state index contributed by atoms with van der Waals surface area (Å²) in [4.78, 5) is 72.8. The first-order valence-electron chi connectivity index (χ1n) is 4.42. The molecule has 0 amide bonds. The first-order chi connectivity index (χ1) is 10.6. The fourth-order valence-electron chi connectivity index (χ4n) is 0. The molecule has 0 radical (unpaired) electrons. The summed E-state index contributed by atoms with van der Waals surface area (Å²) < 4.78 is 0. The van der Waals surface area contributed by atoms with Crippen molar-refractivity contribution in [1.29, 1.82) is 0 Å². The van der Waals surface area contributed by atoms with Crippen LogP contribution in [-0.4, -0.2) is 88.6 Å². The van der Waals surface area contributed by atoms with Gasteiger partial charge in [-0.3, -0.25) is 0 Å². The van der Waals surface area contributed by atoms with Crippen LogP contribution >= 0.6 is 0 Å². The Morgan fingerprint density at radius 3 is 0.320 bits per heavy atom. The second-order valence-corrected chi connectivity index (χ2v) is 2.44. The monoisotopic (exact) mass is 598 g/mol. The fourth-order valence-corrected chi connectivity index (χ4v) is 0. The van der Waals surface area contributed by atoms with Crippen LogP contribution in [0.5, 0.6) is 0 Å². The van der Waals surface area contributed by atoms with E-state index in [9.17, 15) is 0 Å². The molecule has 0 saturated carbocycles. The Morgan fingerprint density at radius 1 is 0.280 bits per heavy atom. The smallest absolute Gasteiger partial charge is 0.414 e. The van der Waals surface area contributed by atoms with Gasteiger partial charge in [-0.25, -0.2) is 38.4 Å². The predicted molar refractivity (Wildman–Crippen MR) is 61.1 cm³/mol. The molecule has 0 bridgehead atoms. The average Bonchev–Trinajstić information content (AvgIpc) is 2.40.